The molecular formula is C23H17BrN6O2. The van der Waals surface area contributed by atoms with E-state index < -0.39 is 0 Å². The van der Waals surface area contributed by atoms with Crippen LogP contribution in [0.25, 0.3) is 16.9 Å². The minimum Gasteiger partial charge on any atom is -0.323 e. The van der Waals surface area contributed by atoms with Gasteiger partial charge in [-0.1, -0.05) is 30.0 Å². The van der Waals surface area contributed by atoms with E-state index in [4.69, 9.17) is 0 Å². The Morgan fingerprint density at radius 3 is 2.50 bits per heavy atom. The van der Waals surface area contributed by atoms with Crippen molar-refractivity contribution >= 4 is 39.1 Å². The summed E-state index contributed by atoms with van der Waals surface area (Å²) in [5, 5.41) is 13.9. The molecule has 2 N–H and O–H groups in total. The fourth-order valence-corrected chi connectivity index (χ4v) is 3.24. The fourth-order valence-electron chi connectivity index (χ4n) is 2.90. The lowest BCUT2D eigenvalue weighted by Crippen LogP contribution is -2.13. The first-order valence-electron chi connectivity index (χ1n) is 9.52. The Labute approximate surface area is 192 Å². The number of nitrogens with one attached hydrogen (secondary N) is 2. The van der Waals surface area contributed by atoms with E-state index in [-0.39, 0.29) is 11.8 Å². The number of pyridine rings is 1. The largest absolute Gasteiger partial charge is 0.323 e. The maximum absolute atomic E-state index is 12.3. The highest BCUT2D eigenvalue weighted by Gasteiger charge is 2.10. The fraction of sp³-hybridized carbons (Fsp3) is 0. The van der Waals surface area contributed by atoms with Gasteiger partial charge in [-0.25, -0.2) is 9.67 Å². The monoisotopic (exact) mass is 488 g/mol. The van der Waals surface area contributed by atoms with Crippen molar-refractivity contribution < 1.29 is 9.59 Å². The normalized spacial score (nSPS) is 10.4. The van der Waals surface area contributed by atoms with Gasteiger partial charge in [-0.05, 0) is 70.5 Å². The summed E-state index contributed by atoms with van der Waals surface area (Å²) in [6, 6.07) is 19.6. The lowest BCUT2D eigenvalue weighted by atomic mass is 10.1. The lowest BCUT2D eigenvalue weighted by Gasteiger charge is -2.06. The number of anilines is 2. The molecule has 4 aromatic rings. The molecule has 158 valence electrons. The first kappa shape index (κ1) is 21.1. The average Bonchev–Trinajstić information content (AvgIpc) is 3.30. The summed E-state index contributed by atoms with van der Waals surface area (Å²) in [5.74, 6) is -0.584. The molecule has 0 unspecified atom stereocenters. The third kappa shape index (κ3) is 4.96. The Bertz CT molecular complexity index is 1300. The van der Waals surface area contributed by atoms with Crippen molar-refractivity contribution in [2.45, 2.75) is 0 Å². The van der Waals surface area contributed by atoms with Crippen LogP contribution in [0.15, 0.2) is 90.2 Å². The number of carbonyl (C=O) groups excluding carboxylic acids is 2. The van der Waals surface area contributed by atoms with Crippen molar-refractivity contribution in [2.24, 2.45) is 0 Å². The van der Waals surface area contributed by atoms with Gasteiger partial charge in [-0.15, -0.1) is 5.10 Å². The molecule has 9 heteroatoms. The molecule has 2 amide bonds. The van der Waals surface area contributed by atoms with Crippen LogP contribution in [0.3, 0.4) is 0 Å². The van der Waals surface area contributed by atoms with Gasteiger partial charge < -0.3 is 10.6 Å². The minimum atomic E-state index is -0.300. The van der Waals surface area contributed by atoms with E-state index in [0.717, 1.165) is 11.3 Å². The van der Waals surface area contributed by atoms with Crippen molar-refractivity contribution in [3.63, 3.8) is 0 Å². The van der Waals surface area contributed by atoms with Crippen molar-refractivity contribution in [1.29, 1.82) is 0 Å². The quantitative estimate of drug-likeness (QED) is 0.308. The molecule has 2 heterocycles. The number of carbonyl (C=O) groups is 2. The molecular weight excluding hydrogens is 472 g/mol. The average molecular weight is 489 g/mol. The van der Waals surface area contributed by atoms with Crippen molar-refractivity contribution in [2.75, 3.05) is 10.6 Å². The molecule has 8 nitrogen and oxygen atoms in total. The molecule has 32 heavy (non-hydrogen) atoms. The van der Waals surface area contributed by atoms with E-state index in [9.17, 15) is 9.59 Å². The number of aromatic nitrogens is 4. The van der Waals surface area contributed by atoms with Crippen LogP contribution in [0.5, 0.6) is 0 Å². The van der Waals surface area contributed by atoms with Crippen LogP contribution in [-0.4, -0.2) is 31.8 Å². The molecule has 0 aliphatic carbocycles. The Hall–Kier alpha value is -4.11. The van der Waals surface area contributed by atoms with Gasteiger partial charge in [0.25, 0.3) is 5.91 Å². The molecule has 0 bridgehead atoms. The number of rotatable bonds is 6. The predicted molar refractivity (Wildman–Crippen MR) is 126 cm³/mol. The van der Waals surface area contributed by atoms with Crippen LogP contribution in [0, 0.1) is 0 Å². The van der Waals surface area contributed by atoms with Crippen LogP contribution < -0.4 is 10.6 Å². The van der Waals surface area contributed by atoms with E-state index in [1.807, 2.05) is 30.3 Å². The first-order valence-corrected chi connectivity index (χ1v) is 10.3. The number of hydrogen-bond acceptors (Lipinski definition) is 5. The summed E-state index contributed by atoms with van der Waals surface area (Å²) in [7, 11) is 0. The second-order valence-corrected chi connectivity index (χ2v) is 7.48. The molecule has 0 radical (unpaired) electrons. The van der Waals surface area contributed by atoms with E-state index in [2.05, 4.69) is 48.4 Å². The van der Waals surface area contributed by atoms with Gasteiger partial charge in [0.1, 0.15) is 16.0 Å². The predicted octanol–water partition coefficient (Wildman–Crippen LogP) is 4.47. The topological polar surface area (TPSA) is 102 Å². The lowest BCUT2D eigenvalue weighted by molar-refractivity contribution is -0.111. The van der Waals surface area contributed by atoms with Crippen LogP contribution in [0.4, 0.5) is 11.4 Å². The minimum absolute atomic E-state index is 0.284. The highest BCUT2D eigenvalue weighted by Crippen LogP contribution is 2.22. The molecule has 0 saturated carbocycles. The zero-order chi connectivity index (χ0) is 22.5. The van der Waals surface area contributed by atoms with E-state index >= 15 is 0 Å². The van der Waals surface area contributed by atoms with Gasteiger partial charge in [0.05, 0.1) is 11.9 Å². The summed E-state index contributed by atoms with van der Waals surface area (Å²) in [6.45, 7) is 3.45. The van der Waals surface area contributed by atoms with Gasteiger partial charge in [-0.2, -0.15) is 0 Å². The molecule has 0 aliphatic heterocycles. The van der Waals surface area contributed by atoms with Gasteiger partial charge >= 0.3 is 0 Å². The second-order valence-electron chi connectivity index (χ2n) is 6.67. The highest BCUT2D eigenvalue weighted by molar-refractivity contribution is 9.10. The third-order valence-corrected chi connectivity index (χ3v) is 4.88. The van der Waals surface area contributed by atoms with Crippen LogP contribution >= 0.6 is 15.9 Å². The SMILES string of the molecule is C=CC(=O)Nc1cccc(-c2cn(-c3ccc(NC(=O)c4cccc(Br)n4)cc3)nn2)c1. The van der Waals surface area contributed by atoms with Crippen molar-refractivity contribution in [3.8, 4) is 16.9 Å². The Morgan fingerprint density at radius 1 is 0.969 bits per heavy atom. The van der Waals surface area contributed by atoms with Gasteiger partial charge in [0, 0.05) is 16.9 Å². The smallest absolute Gasteiger partial charge is 0.274 e. The van der Waals surface area contributed by atoms with Crippen molar-refractivity contribution in [3.05, 3.63) is 95.9 Å². The molecule has 0 atom stereocenters. The molecule has 0 fully saturated rings. The van der Waals surface area contributed by atoms with Crippen LogP contribution in [0.1, 0.15) is 10.5 Å². The maximum atomic E-state index is 12.3. The number of benzene rings is 2. The van der Waals surface area contributed by atoms with Crippen LogP contribution in [0.2, 0.25) is 0 Å². The summed E-state index contributed by atoms with van der Waals surface area (Å²) in [5.41, 5.74) is 3.82. The highest BCUT2D eigenvalue weighted by atomic mass is 79.9. The molecule has 0 aliphatic rings. The molecule has 0 spiro atoms. The van der Waals surface area contributed by atoms with Crippen molar-refractivity contribution in [1.82, 2.24) is 20.0 Å². The van der Waals surface area contributed by atoms with Crippen LogP contribution in [-0.2, 0) is 4.79 Å². The zero-order valence-electron chi connectivity index (χ0n) is 16.7. The second kappa shape index (κ2) is 9.36. The maximum Gasteiger partial charge on any atom is 0.274 e. The Kier molecular flexibility index (Phi) is 6.18. The molecule has 4 rings (SSSR count). The van der Waals surface area contributed by atoms with E-state index in [0.29, 0.717) is 27.4 Å². The Balaban J connectivity index is 1.48. The van der Waals surface area contributed by atoms with Gasteiger partial charge in [0.2, 0.25) is 5.91 Å². The standard InChI is InChI=1S/C23H17BrN6O2/c1-2-22(31)25-17-6-3-5-15(13-17)20-14-30(29-28-20)18-11-9-16(10-12-18)26-23(32)19-7-4-8-21(24)27-19/h2-14H,1H2,(H,25,31)(H,26,32). The summed E-state index contributed by atoms with van der Waals surface area (Å²) in [6.07, 6.45) is 3.00. The summed E-state index contributed by atoms with van der Waals surface area (Å²) in [4.78, 5) is 28.0. The number of nitrogens with zero attached hydrogens (tertiary/aromatic N) is 4. The summed E-state index contributed by atoms with van der Waals surface area (Å²) >= 11 is 3.26. The molecule has 0 saturated heterocycles. The Morgan fingerprint density at radius 2 is 1.75 bits per heavy atom. The third-order valence-electron chi connectivity index (χ3n) is 4.44. The summed E-state index contributed by atoms with van der Waals surface area (Å²) < 4.78 is 2.22. The molecule has 2 aromatic carbocycles. The van der Waals surface area contributed by atoms with E-state index in [1.54, 1.807) is 47.3 Å². The number of halogens is 1. The number of amides is 2. The van der Waals surface area contributed by atoms with Gasteiger partial charge in [-0.3, -0.25) is 9.59 Å². The van der Waals surface area contributed by atoms with E-state index in [1.165, 1.54) is 6.08 Å². The number of hydrogen-bond donors (Lipinski definition) is 2. The zero-order valence-corrected chi connectivity index (χ0v) is 18.3. The van der Waals surface area contributed by atoms with Gasteiger partial charge in [0.15, 0.2) is 0 Å². The molecule has 2 aromatic heterocycles. The first-order chi connectivity index (χ1) is 15.5.